The van der Waals surface area contributed by atoms with Crippen LogP contribution in [0.25, 0.3) is 0 Å². The van der Waals surface area contributed by atoms with E-state index in [1.54, 1.807) is 0 Å². The second-order valence-corrected chi connectivity index (χ2v) is 4.40. The molecule has 1 aliphatic rings. The molecular weight excluding hydrogens is 232 g/mol. The number of carboxylic acids is 1. The fourth-order valence-corrected chi connectivity index (χ4v) is 2.08. The van der Waals surface area contributed by atoms with Crippen molar-refractivity contribution in [3.8, 4) is 0 Å². The summed E-state index contributed by atoms with van der Waals surface area (Å²) in [7, 11) is 0. The van der Waals surface area contributed by atoms with Crippen LogP contribution in [-0.2, 0) is 0 Å². The van der Waals surface area contributed by atoms with Gasteiger partial charge in [-0.25, -0.2) is 18.6 Å². The summed E-state index contributed by atoms with van der Waals surface area (Å²) in [6, 6.07) is 0. The van der Waals surface area contributed by atoms with Crippen LogP contribution in [0.15, 0.2) is 4.42 Å². The average Bonchev–Trinajstić information content (AvgIpc) is 2.60. The third kappa shape index (κ3) is 2.45. The third-order valence-electron chi connectivity index (χ3n) is 3.07. The number of aromatic nitrogens is 1. The van der Waals surface area contributed by atoms with E-state index in [2.05, 4.69) is 4.98 Å². The Hall–Kier alpha value is -1.46. The van der Waals surface area contributed by atoms with Gasteiger partial charge in [-0.15, -0.1) is 0 Å². The summed E-state index contributed by atoms with van der Waals surface area (Å²) in [6.07, 6.45) is 0.182. The maximum atomic E-state index is 13.0. The van der Waals surface area contributed by atoms with Crippen molar-refractivity contribution < 1.29 is 23.1 Å². The number of rotatable bonds is 2. The number of nitrogens with zero attached hydrogens (tertiary/aromatic N) is 1. The lowest BCUT2D eigenvalue weighted by Gasteiger charge is -2.26. The molecule has 6 heteroatoms. The number of alkyl halides is 2. The molecule has 0 bridgehead atoms. The second-order valence-electron chi connectivity index (χ2n) is 4.40. The summed E-state index contributed by atoms with van der Waals surface area (Å²) >= 11 is 0. The fourth-order valence-electron chi connectivity index (χ4n) is 2.08. The van der Waals surface area contributed by atoms with Crippen LogP contribution < -0.4 is 0 Å². The Labute approximate surface area is 96.6 Å². The van der Waals surface area contributed by atoms with Gasteiger partial charge in [0.05, 0.1) is 5.69 Å². The Morgan fingerprint density at radius 2 is 2.06 bits per heavy atom. The van der Waals surface area contributed by atoms with Crippen LogP contribution in [0.5, 0.6) is 0 Å². The number of aryl methyl sites for hydroxylation is 1. The van der Waals surface area contributed by atoms with Gasteiger partial charge in [0.25, 0.3) is 0 Å². The van der Waals surface area contributed by atoms with Gasteiger partial charge in [0.1, 0.15) is 0 Å². The lowest BCUT2D eigenvalue weighted by Crippen LogP contribution is -2.23. The van der Waals surface area contributed by atoms with Gasteiger partial charge in [-0.05, 0) is 19.8 Å². The highest BCUT2D eigenvalue weighted by molar-refractivity contribution is 5.85. The van der Waals surface area contributed by atoms with E-state index in [1.807, 2.05) is 0 Å². The van der Waals surface area contributed by atoms with Gasteiger partial charge < -0.3 is 9.52 Å². The van der Waals surface area contributed by atoms with E-state index >= 15 is 0 Å². The Balaban J connectivity index is 2.14. The molecule has 0 atom stereocenters. The van der Waals surface area contributed by atoms with Crippen molar-refractivity contribution >= 4 is 5.97 Å². The Morgan fingerprint density at radius 1 is 1.47 bits per heavy atom. The monoisotopic (exact) mass is 245 g/mol. The summed E-state index contributed by atoms with van der Waals surface area (Å²) in [4.78, 5) is 14.8. The lowest BCUT2D eigenvalue weighted by atomic mass is 9.87. The van der Waals surface area contributed by atoms with Crippen molar-refractivity contribution in [2.75, 3.05) is 0 Å². The van der Waals surface area contributed by atoms with E-state index in [0.29, 0.717) is 5.69 Å². The molecule has 1 aliphatic carbocycles. The third-order valence-corrected chi connectivity index (χ3v) is 3.07. The highest BCUT2D eigenvalue weighted by atomic mass is 19.3. The van der Waals surface area contributed by atoms with E-state index in [-0.39, 0.29) is 43.3 Å². The molecule has 1 aromatic heterocycles. The quantitative estimate of drug-likeness (QED) is 0.869. The van der Waals surface area contributed by atoms with Crippen molar-refractivity contribution in [2.24, 2.45) is 0 Å². The molecule has 0 unspecified atom stereocenters. The number of oxazole rings is 1. The molecule has 0 spiro atoms. The first-order valence-corrected chi connectivity index (χ1v) is 5.47. The van der Waals surface area contributed by atoms with Crippen LogP contribution in [0.1, 0.15) is 53.7 Å². The zero-order valence-electron chi connectivity index (χ0n) is 9.37. The SMILES string of the molecule is Cc1nc(C2CCC(F)(F)CC2)oc1C(=O)O. The van der Waals surface area contributed by atoms with Crippen LogP contribution in [0.4, 0.5) is 8.78 Å². The summed E-state index contributed by atoms with van der Waals surface area (Å²) < 4.78 is 31.1. The van der Waals surface area contributed by atoms with Gasteiger partial charge in [-0.1, -0.05) is 0 Å². The number of hydrogen-bond donors (Lipinski definition) is 1. The first-order valence-electron chi connectivity index (χ1n) is 5.47. The molecule has 0 radical (unpaired) electrons. The number of aromatic carboxylic acids is 1. The van der Waals surface area contributed by atoms with Gasteiger partial charge in [-0.3, -0.25) is 0 Å². The summed E-state index contributed by atoms with van der Waals surface area (Å²) in [5.41, 5.74) is 0.296. The number of halogens is 2. The van der Waals surface area contributed by atoms with E-state index in [1.165, 1.54) is 6.92 Å². The zero-order chi connectivity index (χ0) is 12.6. The lowest BCUT2D eigenvalue weighted by molar-refractivity contribution is -0.0399. The van der Waals surface area contributed by atoms with E-state index in [0.717, 1.165) is 0 Å². The van der Waals surface area contributed by atoms with Crippen molar-refractivity contribution in [3.63, 3.8) is 0 Å². The predicted octanol–water partition coefficient (Wildman–Crippen LogP) is 2.97. The minimum atomic E-state index is -2.60. The maximum absolute atomic E-state index is 13.0. The molecule has 1 fully saturated rings. The average molecular weight is 245 g/mol. The minimum Gasteiger partial charge on any atom is -0.475 e. The molecule has 1 saturated carbocycles. The van der Waals surface area contributed by atoms with Gasteiger partial charge in [-0.2, -0.15) is 0 Å². The normalized spacial score (nSPS) is 20.4. The first kappa shape index (κ1) is 12.0. The van der Waals surface area contributed by atoms with Crippen LogP contribution in [0, 0.1) is 6.92 Å². The van der Waals surface area contributed by atoms with Crippen LogP contribution in [-0.4, -0.2) is 22.0 Å². The molecule has 0 saturated heterocycles. The van der Waals surface area contributed by atoms with E-state index < -0.39 is 11.9 Å². The van der Waals surface area contributed by atoms with Crippen LogP contribution in [0.3, 0.4) is 0 Å². The van der Waals surface area contributed by atoms with Crippen molar-refractivity contribution in [3.05, 3.63) is 17.3 Å². The van der Waals surface area contributed by atoms with Gasteiger partial charge in [0, 0.05) is 18.8 Å². The Kier molecular flexibility index (Phi) is 2.89. The van der Waals surface area contributed by atoms with Crippen molar-refractivity contribution in [1.82, 2.24) is 4.98 Å². The van der Waals surface area contributed by atoms with Gasteiger partial charge in [0.15, 0.2) is 5.89 Å². The molecular formula is C11H13F2NO3. The molecule has 0 amide bonds. The fraction of sp³-hybridized carbons (Fsp3) is 0.636. The molecule has 1 heterocycles. The molecule has 0 aliphatic heterocycles. The summed E-state index contributed by atoms with van der Waals surface area (Å²) in [5, 5.41) is 8.81. The van der Waals surface area contributed by atoms with Gasteiger partial charge in [0.2, 0.25) is 11.7 Å². The van der Waals surface area contributed by atoms with Gasteiger partial charge >= 0.3 is 5.97 Å². The first-order chi connectivity index (χ1) is 7.89. The number of carboxylic acid groups (broad SMARTS) is 1. The van der Waals surface area contributed by atoms with Crippen molar-refractivity contribution in [1.29, 1.82) is 0 Å². The maximum Gasteiger partial charge on any atom is 0.373 e. The molecule has 94 valence electrons. The predicted molar refractivity (Wildman–Crippen MR) is 54.4 cm³/mol. The minimum absolute atomic E-state index is 0.193. The highest BCUT2D eigenvalue weighted by Gasteiger charge is 2.37. The molecule has 1 aromatic rings. The highest BCUT2D eigenvalue weighted by Crippen LogP contribution is 2.40. The topological polar surface area (TPSA) is 63.3 Å². The van der Waals surface area contributed by atoms with E-state index in [4.69, 9.17) is 9.52 Å². The molecule has 2 rings (SSSR count). The second kappa shape index (κ2) is 4.09. The van der Waals surface area contributed by atoms with Crippen molar-refractivity contribution in [2.45, 2.75) is 44.4 Å². The number of carbonyl (C=O) groups is 1. The summed E-state index contributed by atoms with van der Waals surface area (Å²) in [5.74, 6) is -3.90. The standard InChI is InChI=1S/C11H13F2NO3/c1-6-8(10(15)16)17-9(14-6)7-2-4-11(12,13)5-3-7/h7H,2-5H2,1H3,(H,15,16). The molecule has 0 aromatic carbocycles. The van der Waals surface area contributed by atoms with Crippen LogP contribution in [0.2, 0.25) is 0 Å². The van der Waals surface area contributed by atoms with Crippen LogP contribution >= 0.6 is 0 Å². The Morgan fingerprint density at radius 3 is 2.53 bits per heavy atom. The Bertz CT molecular complexity index is 432. The number of hydrogen-bond acceptors (Lipinski definition) is 3. The zero-order valence-corrected chi connectivity index (χ0v) is 9.37. The smallest absolute Gasteiger partial charge is 0.373 e. The molecule has 17 heavy (non-hydrogen) atoms. The molecule has 4 nitrogen and oxygen atoms in total. The van der Waals surface area contributed by atoms with E-state index in [9.17, 15) is 13.6 Å². The molecule has 1 N–H and O–H groups in total. The largest absolute Gasteiger partial charge is 0.475 e. The summed E-state index contributed by atoms with van der Waals surface area (Å²) in [6.45, 7) is 1.54.